The minimum Gasteiger partial charge on any atom is -0.496 e. The monoisotopic (exact) mass is 451 g/mol. The molecule has 33 heavy (non-hydrogen) atoms. The molecule has 9 heteroatoms. The van der Waals surface area contributed by atoms with Crippen LogP contribution in [-0.2, 0) is 9.53 Å². The summed E-state index contributed by atoms with van der Waals surface area (Å²) in [6.45, 7) is 0. The summed E-state index contributed by atoms with van der Waals surface area (Å²) in [4.78, 5) is 39.3. The van der Waals surface area contributed by atoms with Crippen molar-refractivity contribution in [2.45, 2.75) is 37.7 Å². The Morgan fingerprint density at radius 2 is 1.88 bits per heavy atom. The largest absolute Gasteiger partial charge is 0.496 e. The number of fused-ring (bicyclic) bond motifs is 1. The van der Waals surface area contributed by atoms with Crippen molar-refractivity contribution in [2.24, 2.45) is 5.73 Å². The van der Waals surface area contributed by atoms with Gasteiger partial charge in [-0.25, -0.2) is 9.59 Å². The molecule has 1 aromatic heterocycles. The van der Waals surface area contributed by atoms with Gasteiger partial charge in [-0.1, -0.05) is 6.07 Å². The second-order valence-corrected chi connectivity index (χ2v) is 8.04. The molecule has 1 heterocycles. The number of carbonyl (C=O) groups is 3. The number of carboxylic acids is 1. The predicted octanol–water partition coefficient (Wildman–Crippen LogP) is 3.98. The summed E-state index contributed by atoms with van der Waals surface area (Å²) in [7, 11) is 1.40. The maximum atomic E-state index is 12.5. The Morgan fingerprint density at radius 3 is 2.55 bits per heavy atom. The van der Waals surface area contributed by atoms with E-state index in [1.54, 1.807) is 24.4 Å². The van der Waals surface area contributed by atoms with Crippen LogP contribution in [0.15, 0.2) is 42.6 Å². The van der Waals surface area contributed by atoms with Crippen LogP contribution in [-0.4, -0.2) is 41.3 Å². The first-order valence-electron chi connectivity index (χ1n) is 10.7. The van der Waals surface area contributed by atoms with Crippen LogP contribution in [0.25, 0.3) is 10.9 Å². The second kappa shape index (κ2) is 9.23. The van der Waals surface area contributed by atoms with Gasteiger partial charge >= 0.3 is 12.1 Å². The Balaban J connectivity index is 1.68. The molecule has 2 aromatic carbocycles. The normalized spacial score (nSPS) is 14.7. The molecule has 9 nitrogen and oxygen atoms in total. The van der Waals surface area contributed by atoms with Crippen molar-refractivity contribution in [3.63, 3.8) is 0 Å². The van der Waals surface area contributed by atoms with Crippen molar-refractivity contribution in [1.82, 2.24) is 4.98 Å². The van der Waals surface area contributed by atoms with Crippen LogP contribution in [0.3, 0.4) is 0 Å². The molecule has 0 bridgehead atoms. The van der Waals surface area contributed by atoms with Crippen LogP contribution < -0.4 is 15.8 Å². The number of aromatic carboxylic acids is 1. The molecule has 0 spiro atoms. The summed E-state index contributed by atoms with van der Waals surface area (Å²) in [6, 6.07) is 9.54. The van der Waals surface area contributed by atoms with E-state index in [9.17, 15) is 19.5 Å². The van der Waals surface area contributed by atoms with E-state index in [1.165, 1.54) is 25.3 Å². The molecule has 1 aliphatic rings. The zero-order chi connectivity index (χ0) is 23.5. The van der Waals surface area contributed by atoms with E-state index in [0.29, 0.717) is 22.2 Å². The van der Waals surface area contributed by atoms with Gasteiger partial charge in [-0.2, -0.15) is 0 Å². The van der Waals surface area contributed by atoms with Gasteiger partial charge in [-0.05, 0) is 61.6 Å². The lowest BCUT2D eigenvalue weighted by atomic mass is 9.89. The highest BCUT2D eigenvalue weighted by atomic mass is 16.6. The van der Waals surface area contributed by atoms with Crippen LogP contribution >= 0.6 is 0 Å². The van der Waals surface area contributed by atoms with E-state index >= 15 is 0 Å². The van der Waals surface area contributed by atoms with Crippen LogP contribution in [0.2, 0.25) is 0 Å². The minimum atomic E-state index is -1.11. The quantitative estimate of drug-likeness (QED) is 0.428. The number of H-pyrrole nitrogens is 1. The van der Waals surface area contributed by atoms with Gasteiger partial charge in [-0.3, -0.25) is 10.1 Å². The number of aromatic nitrogens is 1. The number of ether oxygens (including phenoxy) is 2. The van der Waals surface area contributed by atoms with Crippen molar-refractivity contribution in [3.8, 4) is 5.75 Å². The minimum absolute atomic E-state index is 0.0324. The highest BCUT2D eigenvalue weighted by Gasteiger charge is 2.27. The summed E-state index contributed by atoms with van der Waals surface area (Å²) in [6.07, 6.45) is 4.96. The Kier molecular flexibility index (Phi) is 6.21. The third-order valence-electron chi connectivity index (χ3n) is 5.92. The molecule has 0 saturated heterocycles. The number of carboxylic acid groups (broad SMARTS) is 1. The lowest BCUT2D eigenvalue weighted by Gasteiger charge is -2.18. The first-order chi connectivity index (χ1) is 15.9. The Bertz CT molecular complexity index is 1210. The predicted molar refractivity (Wildman–Crippen MR) is 122 cm³/mol. The van der Waals surface area contributed by atoms with Crippen LogP contribution in [0.4, 0.5) is 10.5 Å². The number of methoxy groups -OCH3 is 1. The molecule has 1 unspecified atom stereocenters. The Hall–Kier alpha value is -4.01. The molecule has 1 aliphatic carbocycles. The summed E-state index contributed by atoms with van der Waals surface area (Å²) in [5, 5.41) is 12.7. The summed E-state index contributed by atoms with van der Waals surface area (Å²) in [5.41, 5.74) is 8.07. The number of anilines is 1. The number of nitrogens with two attached hydrogens (primary N) is 1. The molecule has 1 atom stereocenters. The maximum Gasteiger partial charge on any atom is 0.411 e. The van der Waals surface area contributed by atoms with E-state index in [-0.39, 0.29) is 17.4 Å². The molecule has 5 N–H and O–H groups in total. The first kappa shape index (κ1) is 22.2. The smallest absolute Gasteiger partial charge is 0.411 e. The number of hydrogen-bond acceptors (Lipinski definition) is 5. The van der Waals surface area contributed by atoms with Gasteiger partial charge in [0.05, 0.1) is 18.6 Å². The first-order valence-corrected chi connectivity index (χ1v) is 10.7. The fourth-order valence-electron chi connectivity index (χ4n) is 4.32. The number of rotatable bonds is 7. The number of primary amides is 1. The van der Waals surface area contributed by atoms with E-state index in [4.69, 9.17) is 15.2 Å². The van der Waals surface area contributed by atoms with Crippen LogP contribution in [0.1, 0.15) is 53.1 Å². The molecule has 1 saturated carbocycles. The molecular formula is C24H25N3O6. The number of benzene rings is 2. The molecular weight excluding hydrogens is 426 g/mol. The van der Waals surface area contributed by atoms with Crippen LogP contribution in [0, 0.1) is 0 Å². The topological polar surface area (TPSA) is 144 Å². The lowest BCUT2D eigenvalue weighted by molar-refractivity contribution is -0.118. The molecule has 2 amide bonds. The number of amides is 2. The zero-order valence-electron chi connectivity index (χ0n) is 18.1. The van der Waals surface area contributed by atoms with Crippen molar-refractivity contribution in [3.05, 3.63) is 59.3 Å². The molecule has 0 aliphatic heterocycles. The Labute approximate surface area is 189 Å². The molecule has 4 rings (SSSR count). The van der Waals surface area contributed by atoms with Gasteiger partial charge in [0.15, 0.2) is 0 Å². The summed E-state index contributed by atoms with van der Waals surface area (Å²) in [5.74, 6) is -2.40. The van der Waals surface area contributed by atoms with Gasteiger partial charge in [0.25, 0.3) is 0 Å². The zero-order valence-corrected chi connectivity index (χ0v) is 18.1. The number of aromatic amines is 1. The fraction of sp³-hybridized carbons (Fsp3) is 0.292. The molecule has 1 fully saturated rings. The third kappa shape index (κ3) is 4.62. The average Bonchev–Trinajstić information content (AvgIpc) is 3.44. The van der Waals surface area contributed by atoms with Crippen molar-refractivity contribution in [1.29, 1.82) is 0 Å². The van der Waals surface area contributed by atoms with Gasteiger partial charge in [0.1, 0.15) is 11.9 Å². The standard InChI is InChI=1S/C24H25N3O6/c1-32-20-10-13(23(29)30)6-8-16(20)21(22(25)28)18-12-26-19-9-7-14(11-17(18)19)27-24(31)33-15-4-2-3-5-15/h6-12,15,21,26H,2-5H2,1H3,(H2,25,28)(H,27,31)(H,29,30). The molecule has 3 aromatic rings. The van der Waals surface area contributed by atoms with E-state index < -0.39 is 23.9 Å². The second-order valence-electron chi connectivity index (χ2n) is 8.04. The maximum absolute atomic E-state index is 12.5. The van der Waals surface area contributed by atoms with Crippen LogP contribution in [0.5, 0.6) is 5.75 Å². The highest BCUT2D eigenvalue weighted by molar-refractivity contribution is 5.97. The van der Waals surface area contributed by atoms with Gasteiger partial charge in [-0.15, -0.1) is 0 Å². The SMILES string of the molecule is COc1cc(C(=O)O)ccc1C(C(N)=O)c1c[nH]c2ccc(NC(=O)OC3CCCC3)cc12. The lowest BCUT2D eigenvalue weighted by Crippen LogP contribution is -2.23. The molecule has 172 valence electrons. The van der Waals surface area contributed by atoms with Crippen molar-refractivity contribution in [2.75, 3.05) is 12.4 Å². The molecule has 0 radical (unpaired) electrons. The van der Waals surface area contributed by atoms with Gasteiger partial charge < -0.3 is 25.3 Å². The average molecular weight is 451 g/mol. The number of nitrogens with one attached hydrogen (secondary N) is 2. The third-order valence-corrected chi connectivity index (χ3v) is 5.92. The summed E-state index contributed by atoms with van der Waals surface area (Å²) >= 11 is 0. The van der Waals surface area contributed by atoms with Crippen molar-refractivity contribution >= 4 is 34.6 Å². The Morgan fingerprint density at radius 1 is 1.12 bits per heavy atom. The summed E-state index contributed by atoms with van der Waals surface area (Å²) < 4.78 is 10.8. The van der Waals surface area contributed by atoms with Gasteiger partial charge in [0.2, 0.25) is 5.91 Å². The van der Waals surface area contributed by atoms with E-state index in [0.717, 1.165) is 31.2 Å². The number of hydrogen-bond donors (Lipinski definition) is 4. The number of carbonyl (C=O) groups excluding carboxylic acids is 2. The van der Waals surface area contributed by atoms with E-state index in [1.807, 2.05) is 0 Å². The van der Waals surface area contributed by atoms with Gasteiger partial charge in [0, 0.05) is 28.4 Å². The fourth-order valence-corrected chi connectivity index (χ4v) is 4.32. The van der Waals surface area contributed by atoms with Crippen molar-refractivity contribution < 1.29 is 29.0 Å². The van der Waals surface area contributed by atoms with E-state index in [2.05, 4.69) is 10.3 Å². The highest BCUT2D eigenvalue weighted by Crippen LogP contribution is 2.37.